The van der Waals surface area contributed by atoms with Crippen molar-refractivity contribution in [2.75, 3.05) is 13.2 Å². The van der Waals surface area contributed by atoms with Crippen LogP contribution in [0.25, 0.3) is 0 Å². The highest BCUT2D eigenvalue weighted by molar-refractivity contribution is 6.27. The monoisotopic (exact) mass is 306 g/mol. The molecule has 0 aliphatic heterocycles. The Morgan fingerprint density at radius 2 is 1.50 bits per heavy atom. The predicted molar refractivity (Wildman–Crippen MR) is 71.8 cm³/mol. The van der Waals surface area contributed by atoms with Gasteiger partial charge in [-0.2, -0.15) is 0 Å². The van der Waals surface area contributed by atoms with E-state index < -0.39 is 11.9 Å². The summed E-state index contributed by atoms with van der Waals surface area (Å²) in [5.74, 6) is -2.18. The third kappa shape index (κ3) is 8.53. The van der Waals surface area contributed by atoms with Gasteiger partial charge in [0.05, 0.1) is 5.54 Å². The summed E-state index contributed by atoms with van der Waals surface area (Å²) in [7, 11) is 0. The van der Waals surface area contributed by atoms with Crippen molar-refractivity contribution in [3.8, 4) is 0 Å². The van der Waals surface area contributed by atoms with E-state index in [4.69, 9.17) is 25.8 Å². The smallest absolute Gasteiger partial charge is 0.375 e. The lowest BCUT2D eigenvalue weighted by atomic mass is 10.3. The topological polar surface area (TPSA) is 78.9 Å². The number of carbonyl (C=O) groups is 3. The highest BCUT2D eigenvalue weighted by atomic mass is 35.5. The van der Waals surface area contributed by atoms with E-state index in [1.165, 1.54) is 0 Å². The molecule has 114 valence electrons. The van der Waals surface area contributed by atoms with Crippen molar-refractivity contribution in [1.29, 1.82) is 0 Å². The molecule has 0 aliphatic rings. The van der Waals surface area contributed by atoms with Gasteiger partial charge in [0.2, 0.25) is 5.76 Å². The number of hydrogen-bond donors (Lipinski definition) is 0. The zero-order valence-corrected chi connectivity index (χ0v) is 12.4. The van der Waals surface area contributed by atoms with Crippen LogP contribution < -0.4 is 0 Å². The maximum absolute atomic E-state index is 11.5. The molecule has 0 N–H and O–H groups in total. The first-order valence-corrected chi connectivity index (χ1v) is 6.82. The Balaban J connectivity index is 3.99. The molecule has 0 unspecified atom stereocenters. The predicted octanol–water partition coefficient (Wildman–Crippen LogP) is 2.30. The molecule has 0 fully saturated rings. The molecule has 0 aromatic rings. The lowest BCUT2D eigenvalue weighted by Gasteiger charge is -2.08. The Bertz CT molecular complexity index is 364. The van der Waals surface area contributed by atoms with Crippen LogP contribution in [0.5, 0.6) is 0 Å². The number of rotatable bonds is 9. The molecule has 0 saturated heterocycles. The van der Waals surface area contributed by atoms with Crippen LogP contribution in [0.1, 0.15) is 39.5 Å². The van der Waals surface area contributed by atoms with E-state index in [2.05, 4.69) is 0 Å². The quantitative estimate of drug-likeness (QED) is 0.214. The molecule has 0 radical (unpaired) electrons. The second-order valence-electron chi connectivity index (χ2n) is 3.80. The second kappa shape index (κ2) is 11.3. The minimum atomic E-state index is -0.879. The van der Waals surface area contributed by atoms with E-state index in [9.17, 15) is 14.4 Å². The first kappa shape index (κ1) is 18.4. The molecule has 0 aliphatic carbocycles. The maximum atomic E-state index is 11.5. The first-order valence-electron chi connectivity index (χ1n) is 6.38. The summed E-state index contributed by atoms with van der Waals surface area (Å²) in [6, 6.07) is 0. The van der Waals surface area contributed by atoms with E-state index >= 15 is 0 Å². The van der Waals surface area contributed by atoms with Crippen LogP contribution in [0.2, 0.25) is 0 Å². The van der Waals surface area contributed by atoms with E-state index in [-0.39, 0.29) is 31.4 Å². The molecule has 20 heavy (non-hydrogen) atoms. The lowest BCUT2D eigenvalue weighted by molar-refractivity contribution is -0.155. The second-order valence-corrected chi connectivity index (χ2v) is 4.02. The lowest BCUT2D eigenvalue weighted by Crippen LogP contribution is -2.17. The van der Waals surface area contributed by atoms with E-state index in [1.54, 1.807) is 6.92 Å². The van der Waals surface area contributed by atoms with Crippen LogP contribution in [-0.4, -0.2) is 31.1 Å². The molecule has 0 aromatic carbocycles. The van der Waals surface area contributed by atoms with Gasteiger partial charge >= 0.3 is 17.9 Å². The van der Waals surface area contributed by atoms with Gasteiger partial charge in [-0.15, -0.1) is 0 Å². The molecular weight excluding hydrogens is 288 g/mol. The zero-order chi connectivity index (χ0) is 15.4. The summed E-state index contributed by atoms with van der Waals surface area (Å²) in [6.45, 7) is 3.47. The van der Waals surface area contributed by atoms with Gasteiger partial charge in [0.15, 0.2) is 0 Å². The van der Waals surface area contributed by atoms with Gasteiger partial charge in [-0.25, -0.2) is 4.79 Å². The SMILES string of the molecule is CCCC(=O)OCCOC(=O)C(=CCl)OC(=O)CCC. The Kier molecular flexibility index (Phi) is 10.4. The minimum Gasteiger partial charge on any atom is -0.462 e. The summed E-state index contributed by atoms with van der Waals surface area (Å²) in [5.41, 5.74) is 0.832. The Morgan fingerprint density at radius 1 is 0.950 bits per heavy atom. The van der Waals surface area contributed by atoms with Crippen molar-refractivity contribution in [3.05, 3.63) is 11.3 Å². The van der Waals surface area contributed by atoms with Crippen molar-refractivity contribution in [2.45, 2.75) is 39.5 Å². The van der Waals surface area contributed by atoms with Crippen LogP contribution in [0, 0.1) is 0 Å². The normalized spacial score (nSPS) is 10.8. The maximum Gasteiger partial charge on any atom is 0.375 e. The van der Waals surface area contributed by atoms with Crippen LogP contribution in [0.3, 0.4) is 0 Å². The van der Waals surface area contributed by atoms with Crippen LogP contribution in [-0.2, 0) is 28.6 Å². The molecule has 0 heterocycles. The summed E-state index contributed by atoms with van der Waals surface area (Å²) >= 11 is 5.39. The minimum absolute atomic E-state index is 0.0525. The van der Waals surface area contributed by atoms with Gasteiger partial charge in [-0.3, -0.25) is 9.59 Å². The van der Waals surface area contributed by atoms with E-state index in [0.717, 1.165) is 5.54 Å². The molecule has 7 heteroatoms. The van der Waals surface area contributed by atoms with E-state index in [1.807, 2.05) is 6.92 Å². The third-order valence-electron chi connectivity index (χ3n) is 2.01. The number of halogens is 1. The Labute approximate surface area is 123 Å². The van der Waals surface area contributed by atoms with Gasteiger partial charge in [0.25, 0.3) is 0 Å². The molecule has 0 saturated carbocycles. The van der Waals surface area contributed by atoms with Gasteiger partial charge < -0.3 is 14.2 Å². The van der Waals surface area contributed by atoms with E-state index in [0.29, 0.717) is 19.3 Å². The average molecular weight is 307 g/mol. The largest absolute Gasteiger partial charge is 0.462 e. The number of hydrogen-bond acceptors (Lipinski definition) is 6. The van der Waals surface area contributed by atoms with Crippen LogP contribution >= 0.6 is 11.6 Å². The number of esters is 3. The molecule has 6 nitrogen and oxygen atoms in total. The van der Waals surface area contributed by atoms with Crippen molar-refractivity contribution in [1.82, 2.24) is 0 Å². The summed E-state index contributed by atoms with van der Waals surface area (Å²) in [5, 5.41) is 0. The summed E-state index contributed by atoms with van der Waals surface area (Å²) in [4.78, 5) is 33.7. The number of carbonyl (C=O) groups excluding carboxylic acids is 3. The molecular formula is C13H19ClO6. The number of ether oxygens (including phenoxy) is 3. The van der Waals surface area contributed by atoms with Crippen LogP contribution in [0.4, 0.5) is 0 Å². The Hall–Kier alpha value is -1.56. The fourth-order valence-corrected chi connectivity index (χ4v) is 1.26. The highest BCUT2D eigenvalue weighted by Crippen LogP contribution is 2.06. The van der Waals surface area contributed by atoms with Gasteiger partial charge in [-0.1, -0.05) is 25.4 Å². The zero-order valence-electron chi connectivity index (χ0n) is 11.6. The van der Waals surface area contributed by atoms with Gasteiger partial charge in [0.1, 0.15) is 13.2 Å². The molecule has 0 aromatic heterocycles. The first-order chi connectivity index (χ1) is 9.54. The fourth-order valence-electron chi connectivity index (χ4n) is 1.12. The molecule has 0 atom stereocenters. The van der Waals surface area contributed by atoms with Gasteiger partial charge in [-0.05, 0) is 12.8 Å². The fraction of sp³-hybridized carbons (Fsp3) is 0.615. The third-order valence-corrected chi connectivity index (χ3v) is 2.21. The molecule has 0 spiro atoms. The standard InChI is InChI=1S/C13H19ClO6/c1-3-5-11(15)18-7-8-19-13(17)10(9-14)20-12(16)6-4-2/h9H,3-8H2,1-2H3. The highest BCUT2D eigenvalue weighted by Gasteiger charge is 2.16. The average Bonchev–Trinajstić information content (AvgIpc) is 2.41. The Morgan fingerprint density at radius 3 is 2.05 bits per heavy atom. The molecule has 0 amide bonds. The van der Waals surface area contributed by atoms with Crippen LogP contribution in [0.15, 0.2) is 11.3 Å². The summed E-state index contributed by atoms with van der Waals surface area (Å²) < 4.78 is 14.3. The summed E-state index contributed by atoms with van der Waals surface area (Å²) in [6.07, 6.45) is 1.77. The van der Waals surface area contributed by atoms with Crippen molar-refractivity contribution in [2.24, 2.45) is 0 Å². The van der Waals surface area contributed by atoms with Crippen molar-refractivity contribution in [3.63, 3.8) is 0 Å². The van der Waals surface area contributed by atoms with Crippen molar-refractivity contribution >= 4 is 29.5 Å². The van der Waals surface area contributed by atoms with Crippen molar-refractivity contribution < 1.29 is 28.6 Å². The van der Waals surface area contributed by atoms with Gasteiger partial charge in [0, 0.05) is 12.8 Å². The molecule has 0 bridgehead atoms. The molecule has 0 rings (SSSR count).